The van der Waals surface area contributed by atoms with E-state index in [1.807, 2.05) is 4.57 Å². The molecule has 1 aromatic heterocycles. The molecule has 0 atom stereocenters. The second kappa shape index (κ2) is 3.58. The molecule has 0 unspecified atom stereocenters. The van der Waals surface area contributed by atoms with Gasteiger partial charge in [-0.05, 0) is 5.92 Å². The van der Waals surface area contributed by atoms with Crippen LogP contribution in [-0.2, 0) is 6.54 Å². The molecule has 0 fully saturated rings. The van der Waals surface area contributed by atoms with Gasteiger partial charge in [-0.1, -0.05) is 13.8 Å². The van der Waals surface area contributed by atoms with Gasteiger partial charge in [-0.15, -0.1) is 0 Å². The topological polar surface area (TPSA) is 64.1 Å². The highest BCUT2D eigenvalue weighted by Gasteiger charge is 2.09. The molecule has 0 spiro atoms. The van der Waals surface area contributed by atoms with Crippen LogP contribution in [0.1, 0.15) is 25.5 Å². The first-order valence-corrected chi connectivity index (χ1v) is 4.08. The first-order valence-electron chi connectivity index (χ1n) is 4.08. The van der Waals surface area contributed by atoms with E-state index in [1.54, 1.807) is 6.20 Å². The average molecular weight is 169 g/mol. The lowest BCUT2D eigenvalue weighted by Crippen LogP contribution is -2.10. The number of imidazole rings is 1. The van der Waals surface area contributed by atoms with Crippen molar-refractivity contribution in [2.45, 2.75) is 26.3 Å². The lowest BCUT2D eigenvalue weighted by atomic mass is 10.1. The summed E-state index contributed by atoms with van der Waals surface area (Å²) in [6, 6.07) is 0. The second-order valence-electron chi connectivity index (χ2n) is 3.07. The molecule has 4 heteroatoms. The third kappa shape index (κ3) is 1.58. The van der Waals surface area contributed by atoms with Gasteiger partial charge in [0.2, 0.25) is 0 Å². The van der Waals surface area contributed by atoms with Gasteiger partial charge in [0.1, 0.15) is 0 Å². The van der Waals surface area contributed by atoms with Crippen molar-refractivity contribution >= 4 is 5.95 Å². The Bertz CT molecular complexity index is 255. The van der Waals surface area contributed by atoms with E-state index in [4.69, 9.17) is 10.8 Å². The lowest BCUT2D eigenvalue weighted by molar-refractivity contribution is 0.275. The standard InChI is InChI=1S/C8H15N3O/c1-6(2)7-5-10-8(9)11(7)3-4-12/h5-6,12H,3-4H2,1-2H3,(H2,9,10). The minimum atomic E-state index is 0.0975. The van der Waals surface area contributed by atoms with Crippen LogP contribution in [0.3, 0.4) is 0 Å². The normalized spacial score (nSPS) is 11.0. The van der Waals surface area contributed by atoms with Crippen molar-refractivity contribution in [3.8, 4) is 0 Å². The smallest absolute Gasteiger partial charge is 0.200 e. The number of nitrogens with zero attached hydrogens (tertiary/aromatic N) is 2. The van der Waals surface area contributed by atoms with Crippen molar-refractivity contribution in [1.29, 1.82) is 0 Å². The molecule has 4 nitrogen and oxygen atoms in total. The van der Waals surface area contributed by atoms with Crippen LogP contribution in [0, 0.1) is 0 Å². The summed E-state index contributed by atoms with van der Waals surface area (Å²) < 4.78 is 1.84. The second-order valence-corrected chi connectivity index (χ2v) is 3.07. The molecule has 1 aromatic rings. The van der Waals surface area contributed by atoms with Crippen LogP contribution in [0.25, 0.3) is 0 Å². The highest BCUT2D eigenvalue weighted by molar-refractivity contribution is 5.24. The Morgan fingerprint density at radius 1 is 1.67 bits per heavy atom. The maximum Gasteiger partial charge on any atom is 0.200 e. The fourth-order valence-corrected chi connectivity index (χ4v) is 1.21. The van der Waals surface area contributed by atoms with E-state index in [2.05, 4.69) is 18.8 Å². The van der Waals surface area contributed by atoms with E-state index >= 15 is 0 Å². The highest BCUT2D eigenvalue weighted by atomic mass is 16.3. The van der Waals surface area contributed by atoms with Gasteiger partial charge in [0, 0.05) is 12.2 Å². The number of anilines is 1. The molecule has 0 aliphatic heterocycles. The van der Waals surface area contributed by atoms with Crippen molar-refractivity contribution in [2.75, 3.05) is 12.3 Å². The first-order chi connectivity index (χ1) is 5.66. The minimum absolute atomic E-state index is 0.0975. The number of aliphatic hydroxyl groups excluding tert-OH is 1. The number of aromatic nitrogens is 2. The third-order valence-electron chi connectivity index (χ3n) is 1.83. The molecule has 1 rings (SSSR count). The third-order valence-corrected chi connectivity index (χ3v) is 1.83. The van der Waals surface area contributed by atoms with Crippen molar-refractivity contribution in [3.63, 3.8) is 0 Å². The van der Waals surface area contributed by atoms with Gasteiger partial charge in [0.05, 0.1) is 12.8 Å². The number of aliphatic hydroxyl groups is 1. The molecule has 0 radical (unpaired) electrons. The maximum absolute atomic E-state index is 8.76. The molecular formula is C8H15N3O. The summed E-state index contributed by atoms with van der Waals surface area (Å²) in [5.74, 6) is 0.870. The van der Waals surface area contributed by atoms with E-state index in [0.29, 0.717) is 18.4 Å². The number of nitrogens with two attached hydrogens (primary N) is 1. The van der Waals surface area contributed by atoms with E-state index in [1.165, 1.54) is 0 Å². The molecule has 1 heterocycles. The zero-order valence-corrected chi connectivity index (χ0v) is 7.49. The summed E-state index contributed by atoms with van der Waals surface area (Å²) in [4.78, 5) is 3.99. The molecule has 0 bridgehead atoms. The Morgan fingerprint density at radius 3 is 2.83 bits per heavy atom. The molecular weight excluding hydrogens is 154 g/mol. The average Bonchev–Trinajstić information content (AvgIpc) is 2.34. The van der Waals surface area contributed by atoms with Crippen LogP contribution < -0.4 is 5.73 Å². The summed E-state index contributed by atoms with van der Waals surface area (Å²) >= 11 is 0. The van der Waals surface area contributed by atoms with Crippen molar-refractivity contribution < 1.29 is 5.11 Å². The zero-order valence-electron chi connectivity index (χ0n) is 7.49. The number of hydrogen-bond donors (Lipinski definition) is 2. The molecule has 0 aliphatic carbocycles. The molecule has 3 N–H and O–H groups in total. The molecule has 0 saturated heterocycles. The van der Waals surface area contributed by atoms with Gasteiger partial charge >= 0.3 is 0 Å². The van der Waals surface area contributed by atoms with E-state index < -0.39 is 0 Å². The van der Waals surface area contributed by atoms with E-state index in [9.17, 15) is 0 Å². The quantitative estimate of drug-likeness (QED) is 0.695. The number of rotatable bonds is 3. The summed E-state index contributed by atoms with van der Waals surface area (Å²) in [6.45, 7) is 4.77. The Labute approximate surface area is 72.0 Å². The van der Waals surface area contributed by atoms with Crippen LogP contribution >= 0.6 is 0 Å². The monoisotopic (exact) mass is 169 g/mol. The predicted molar refractivity (Wildman–Crippen MR) is 47.8 cm³/mol. The van der Waals surface area contributed by atoms with Crippen LogP contribution in [-0.4, -0.2) is 21.3 Å². The van der Waals surface area contributed by atoms with E-state index in [-0.39, 0.29) is 6.61 Å². The largest absolute Gasteiger partial charge is 0.395 e. The SMILES string of the molecule is CC(C)c1cnc(N)n1CCO. The fraction of sp³-hybridized carbons (Fsp3) is 0.625. The van der Waals surface area contributed by atoms with Gasteiger partial charge in [-0.3, -0.25) is 0 Å². The number of hydrogen-bond acceptors (Lipinski definition) is 3. The molecule has 12 heavy (non-hydrogen) atoms. The van der Waals surface area contributed by atoms with Crippen molar-refractivity contribution in [1.82, 2.24) is 9.55 Å². The predicted octanol–water partition coefficient (Wildman–Crippen LogP) is 0.581. The van der Waals surface area contributed by atoms with Crippen LogP contribution in [0.5, 0.6) is 0 Å². The lowest BCUT2D eigenvalue weighted by Gasteiger charge is -2.09. The van der Waals surface area contributed by atoms with Crippen LogP contribution in [0.15, 0.2) is 6.20 Å². The molecule has 68 valence electrons. The van der Waals surface area contributed by atoms with Crippen LogP contribution in [0.2, 0.25) is 0 Å². The molecule has 0 aromatic carbocycles. The minimum Gasteiger partial charge on any atom is -0.395 e. The number of nitrogen functional groups attached to an aromatic ring is 1. The Morgan fingerprint density at radius 2 is 2.33 bits per heavy atom. The summed E-state index contributed by atoms with van der Waals surface area (Å²) in [5.41, 5.74) is 6.68. The Balaban J connectivity index is 2.95. The molecule has 0 amide bonds. The van der Waals surface area contributed by atoms with E-state index in [0.717, 1.165) is 5.69 Å². The Hall–Kier alpha value is -1.03. The zero-order chi connectivity index (χ0) is 9.14. The van der Waals surface area contributed by atoms with Crippen LogP contribution in [0.4, 0.5) is 5.95 Å². The maximum atomic E-state index is 8.76. The molecule has 0 saturated carbocycles. The first kappa shape index (κ1) is 9.06. The summed E-state index contributed by atoms with van der Waals surface area (Å²) in [5, 5.41) is 8.76. The van der Waals surface area contributed by atoms with Gasteiger partial charge in [0.25, 0.3) is 0 Å². The van der Waals surface area contributed by atoms with Gasteiger partial charge < -0.3 is 15.4 Å². The highest BCUT2D eigenvalue weighted by Crippen LogP contribution is 2.16. The fourth-order valence-electron chi connectivity index (χ4n) is 1.21. The summed E-state index contributed by atoms with van der Waals surface area (Å²) in [7, 11) is 0. The summed E-state index contributed by atoms with van der Waals surface area (Å²) in [6.07, 6.45) is 1.76. The Kier molecular flexibility index (Phi) is 2.70. The van der Waals surface area contributed by atoms with Crippen molar-refractivity contribution in [3.05, 3.63) is 11.9 Å². The van der Waals surface area contributed by atoms with Crippen molar-refractivity contribution in [2.24, 2.45) is 0 Å². The molecule has 0 aliphatic rings. The van der Waals surface area contributed by atoms with Gasteiger partial charge in [-0.2, -0.15) is 0 Å². The van der Waals surface area contributed by atoms with Gasteiger partial charge in [-0.25, -0.2) is 4.98 Å². The van der Waals surface area contributed by atoms with Gasteiger partial charge in [0.15, 0.2) is 5.95 Å².